The Balaban J connectivity index is 1.41. The Bertz CT molecular complexity index is 1830. The maximum absolute atomic E-state index is 14.5. The molecular weight excluding hydrogens is 716 g/mol. The van der Waals surface area contributed by atoms with Crippen LogP contribution in [0.25, 0.3) is 17.0 Å². The Morgan fingerprint density at radius 1 is 1.05 bits per heavy atom. The zero-order valence-electron chi connectivity index (χ0n) is 34.5. The van der Waals surface area contributed by atoms with Gasteiger partial charge in [-0.2, -0.15) is 0 Å². The SMILES string of the molecule is C[C@H]1C(=O)O[C@@H](C)[C@@]2(C)OC(=O)N3CCN=C([C@H](C)C[C@](C)(OC/C=C/c4cnc5ccccc5c4)[C@H](O[C@H]4O[C@@H](C)C[C@@H](N(C)C)C4O)[C@@H](C)C1=O)[C@@H](C)C32. The largest absolute Gasteiger partial charge is 0.458 e. The third-order valence-corrected chi connectivity index (χ3v) is 12.6. The number of para-hydroxylation sites is 1. The van der Waals surface area contributed by atoms with Gasteiger partial charge in [-0.1, -0.05) is 51.1 Å². The molecule has 56 heavy (non-hydrogen) atoms. The summed E-state index contributed by atoms with van der Waals surface area (Å²) in [5.41, 5.74) is 0.279. The summed E-state index contributed by atoms with van der Waals surface area (Å²) in [5, 5.41) is 12.7. The first kappa shape index (κ1) is 41.9. The summed E-state index contributed by atoms with van der Waals surface area (Å²) in [5.74, 6) is -3.74. The Morgan fingerprint density at radius 2 is 1.79 bits per heavy atom. The van der Waals surface area contributed by atoms with Gasteiger partial charge < -0.3 is 33.7 Å². The number of hydrogen-bond acceptors (Lipinski definition) is 12. The number of nitrogens with zero attached hydrogens (tertiary/aromatic N) is 4. The maximum Gasteiger partial charge on any atom is 0.410 e. The number of ketones is 1. The molecule has 6 rings (SSSR count). The van der Waals surface area contributed by atoms with Gasteiger partial charge in [0.25, 0.3) is 0 Å². The Kier molecular flexibility index (Phi) is 12.4. The van der Waals surface area contributed by atoms with Crippen LogP contribution >= 0.6 is 0 Å². The minimum atomic E-state index is -1.20. The molecule has 0 spiro atoms. The van der Waals surface area contributed by atoms with E-state index in [-0.39, 0.29) is 30.6 Å². The van der Waals surface area contributed by atoms with Gasteiger partial charge in [0.05, 0.1) is 42.5 Å². The fourth-order valence-electron chi connectivity index (χ4n) is 9.46. The van der Waals surface area contributed by atoms with E-state index in [9.17, 15) is 19.5 Å². The topological polar surface area (TPSA) is 149 Å². The van der Waals surface area contributed by atoms with Gasteiger partial charge in [0.15, 0.2) is 17.7 Å². The molecule has 1 N–H and O–H groups in total. The first-order valence-electron chi connectivity index (χ1n) is 20.0. The number of rotatable bonds is 7. The number of fused-ring (bicyclic) bond motifs is 2. The molecule has 1 aromatic carbocycles. The van der Waals surface area contributed by atoms with Crippen LogP contribution in [-0.4, -0.2) is 131 Å². The van der Waals surface area contributed by atoms with E-state index in [2.05, 4.69) is 18.0 Å². The van der Waals surface area contributed by atoms with Crippen molar-refractivity contribution in [2.24, 2.45) is 28.7 Å². The predicted octanol–water partition coefficient (Wildman–Crippen LogP) is 5.32. The number of likely N-dealkylation sites (N-methyl/N-ethyl adjacent to an activating group) is 1. The van der Waals surface area contributed by atoms with E-state index in [1.54, 1.807) is 25.7 Å². The molecule has 3 saturated heterocycles. The van der Waals surface area contributed by atoms with Crippen LogP contribution in [0.2, 0.25) is 0 Å². The molecular formula is C43H60N4O9. The lowest BCUT2D eigenvalue weighted by atomic mass is 9.73. The first-order valence-corrected chi connectivity index (χ1v) is 20.0. The van der Waals surface area contributed by atoms with Crippen molar-refractivity contribution in [1.82, 2.24) is 14.8 Å². The molecule has 3 fully saturated rings. The molecule has 0 aliphatic carbocycles. The number of aliphatic hydroxyl groups excluding tert-OH is 1. The van der Waals surface area contributed by atoms with Gasteiger partial charge >= 0.3 is 12.1 Å². The minimum Gasteiger partial charge on any atom is -0.458 e. The van der Waals surface area contributed by atoms with Gasteiger partial charge in [-0.25, -0.2) is 4.79 Å². The molecule has 0 saturated carbocycles. The zero-order chi connectivity index (χ0) is 40.7. The molecule has 2 unspecified atom stereocenters. The molecule has 4 aliphatic heterocycles. The van der Waals surface area contributed by atoms with Crippen molar-refractivity contribution in [3.8, 4) is 0 Å². The van der Waals surface area contributed by atoms with Crippen molar-refractivity contribution in [3.05, 3.63) is 48.2 Å². The molecule has 306 valence electrons. The summed E-state index contributed by atoms with van der Waals surface area (Å²) in [6, 6.07) is 9.23. The maximum atomic E-state index is 14.5. The molecule has 1 amide bonds. The quantitative estimate of drug-likeness (QED) is 0.288. The number of cyclic esters (lactones) is 1. The first-order chi connectivity index (χ1) is 26.4. The second-order valence-electron chi connectivity index (χ2n) is 17.0. The number of esters is 1. The summed E-state index contributed by atoms with van der Waals surface area (Å²) < 4.78 is 32.1. The Labute approximate surface area is 330 Å². The van der Waals surface area contributed by atoms with Crippen molar-refractivity contribution in [3.63, 3.8) is 0 Å². The highest BCUT2D eigenvalue weighted by Gasteiger charge is 2.59. The molecule has 2 bridgehead atoms. The number of aliphatic imine (C=N–C) groups is 1. The van der Waals surface area contributed by atoms with Crippen LogP contribution in [-0.2, 0) is 33.3 Å². The van der Waals surface area contributed by atoms with Gasteiger partial charge in [0.2, 0.25) is 0 Å². The van der Waals surface area contributed by atoms with E-state index in [0.717, 1.165) is 22.2 Å². The lowest BCUT2D eigenvalue weighted by Gasteiger charge is -2.47. The normalized spacial score (nSPS) is 38.6. The van der Waals surface area contributed by atoms with E-state index >= 15 is 0 Å². The van der Waals surface area contributed by atoms with Crippen molar-refractivity contribution in [2.75, 3.05) is 33.8 Å². The monoisotopic (exact) mass is 776 g/mol. The van der Waals surface area contributed by atoms with Crippen molar-refractivity contribution in [2.45, 2.75) is 122 Å². The third kappa shape index (κ3) is 8.16. The number of pyridine rings is 1. The molecule has 0 radical (unpaired) electrons. The average molecular weight is 777 g/mol. The number of carbonyl (C=O) groups is 3. The van der Waals surface area contributed by atoms with Gasteiger partial charge in [-0.05, 0) is 85.2 Å². The number of aromatic nitrogens is 1. The summed E-state index contributed by atoms with van der Waals surface area (Å²) in [4.78, 5) is 55.0. The smallest absolute Gasteiger partial charge is 0.410 e. The fraction of sp³-hybridized carbons (Fsp3) is 0.651. The number of hydrogen-bond donors (Lipinski definition) is 1. The number of benzene rings is 1. The number of amides is 1. The third-order valence-electron chi connectivity index (χ3n) is 12.6. The molecule has 5 heterocycles. The van der Waals surface area contributed by atoms with E-state index in [0.29, 0.717) is 25.9 Å². The molecule has 13 heteroatoms. The van der Waals surface area contributed by atoms with Crippen molar-refractivity contribution >= 4 is 40.5 Å². The standard InChI is InChI=1S/C43H60N4O9/c1-24-22-42(7,52-19-13-14-30-21-31-15-11-12-16-32(31)45-23-30)38(55-40-36(49)33(46(9)10)20-25(2)53-40)27(4)35(48)28(5)39(50)54-29(6)43(8)37-26(3)34(24)44-17-18-47(37)41(51)56-43/h11-16,21,23-29,33,36-38,40,49H,17-20,22H2,1-10H3/b14-13+/t24-,25+,26-,27+,28-,29+,33-,36?,37?,38-,40-,42+,43-/m1/s1. The number of aliphatic hydroxyl groups is 1. The van der Waals surface area contributed by atoms with Crippen LogP contribution < -0.4 is 0 Å². The highest BCUT2D eigenvalue weighted by Crippen LogP contribution is 2.43. The number of ether oxygens (including phenoxy) is 5. The van der Waals surface area contributed by atoms with Crippen LogP contribution in [0.1, 0.15) is 73.8 Å². The van der Waals surface area contributed by atoms with E-state index in [4.69, 9.17) is 28.7 Å². The molecule has 4 aliphatic rings. The van der Waals surface area contributed by atoms with Crippen LogP contribution in [0.4, 0.5) is 4.79 Å². The molecule has 13 nitrogen and oxygen atoms in total. The zero-order valence-corrected chi connectivity index (χ0v) is 34.5. The van der Waals surface area contributed by atoms with Crippen molar-refractivity contribution < 1.29 is 43.2 Å². The van der Waals surface area contributed by atoms with Crippen LogP contribution in [0.3, 0.4) is 0 Å². The van der Waals surface area contributed by atoms with Gasteiger partial charge in [-0.3, -0.25) is 24.5 Å². The van der Waals surface area contributed by atoms with E-state index in [1.807, 2.05) is 82.4 Å². The average Bonchev–Trinajstić information content (AvgIpc) is 3.29. The second-order valence-corrected chi connectivity index (χ2v) is 17.0. The van der Waals surface area contributed by atoms with Crippen LogP contribution in [0, 0.1) is 23.7 Å². The minimum absolute atomic E-state index is 0.148. The summed E-state index contributed by atoms with van der Waals surface area (Å²) in [6.07, 6.45) is 1.91. The van der Waals surface area contributed by atoms with Crippen LogP contribution in [0.15, 0.2) is 47.6 Å². The van der Waals surface area contributed by atoms with E-state index in [1.165, 1.54) is 6.92 Å². The Morgan fingerprint density at radius 3 is 2.52 bits per heavy atom. The lowest BCUT2D eigenvalue weighted by Crippen LogP contribution is -2.60. The summed E-state index contributed by atoms with van der Waals surface area (Å²) >= 11 is 0. The molecule has 1 aromatic heterocycles. The predicted molar refractivity (Wildman–Crippen MR) is 212 cm³/mol. The van der Waals surface area contributed by atoms with Crippen molar-refractivity contribution in [1.29, 1.82) is 0 Å². The number of Topliss-reactive ketones (excluding diaryl/α,β-unsaturated/α-hetero) is 1. The summed E-state index contributed by atoms with van der Waals surface area (Å²) in [6.45, 7) is 15.6. The Hall–Kier alpha value is -3.75. The lowest BCUT2D eigenvalue weighted by molar-refractivity contribution is -0.296. The fourth-order valence-corrected chi connectivity index (χ4v) is 9.46. The second kappa shape index (κ2) is 16.6. The van der Waals surface area contributed by atoms with Gasteiger partial charge in [0.1, 0.15) is 18.1 Å². The molecule has 13 atom stereocenters. The van der Waals surface area contributed by atoms with Gasteiger partial charge in [0, 0.05) is 41.7 Å². The highest BCUT2D eigenvalue weighted by molar-refractivity contribution is 6.00. The number of carbonyl (C=O) groups excluding carboxylic acids is 3. The van der Waals surface area contributed by atoms with Crippen LogP contribution in [0.5, 0.6) is 0 Å². The molecule has 2 aromatic rings. The van der Waals surface area contributed by atoms with E-state index < -0.39 is 71.5 Å². The van der Waals surface area contributed by atoms with Gasteiger partial charge in [-0.15, -0.1) is 0 Å². The highest BCUT2D eigenvalue weighted by atomic mass is 16.7. The summed E-state index contributed by atoms with van der Waals surface area (Å²) in [7, 11) is 3.81.